The maximum atomic E-state index is 13.2. The lowest BCUT2D eigenvalue weighted by atomic mass is 10.3. The summed E-state index contributed by atoms with van der Waals surface area (Å²) in [6, 6.07) is 11.7. The molecule has 0 bridgehead atoms. The van der Waals surface area contributed by atoms with Crippen molar-refractivity contribution in [1.82, 2.24) is 4.98 Å². The molecular weight excluding hydrogens is 391 g/mol. The van der Waals surface area contributed by atoms with Gasteiger partial charge in [-0.05, 0) is 49.4 Å². The van der Waals surface area contributed by atoms with Crippen LogP contribution in [0.25, 0.3) is 0 Å². The third-order valence-corrected chi connectivity index (χ3v) is 4.73. The highest BCUT2D eigenvalue weighted by Crippen LogP contribution is 2.24. The molecule has 27 heavy (non-hydrogen) atoms. The molecule has 1 heterocycles. The van der Waals surface area contributed by atoms with E-state index in [1.54, 1.807) is 37.3 Å². The smallest absolute Gasteiger partial charge is 0.321 e. The van der Waals surface area contributed by atoms with Crippen LogP contribution in [0.4, 0.5) is 25.7 Å². The Morgan fingerprint density at radius 2 is 1.78 bits per heavy atom. The monoisotopic (exact) mass is 404 g/mol. The van der Waals surface area contributed by atoms with Crippen LogP contribution in [-0.2, 0) is 0 Å². The zero-order chi connectivity index (χ0) is 19.4. The molecule has 3 amide bonds. The minimum Gasteiger partial charge on any atom is -0.321 e. The second-order valence-electron chi connectivity index (χ2n) is 5.48. The Bertz CT molecular complexity index is 991. The molecule has 1 aromatic heterocycles. The lowest BCUT2D eigenvalue weighted by Crippen LogP contribution is -2.19. The average Bonchev–Trinajstić information content (AvgIpc) is 2.97. The molecule has 0 aliphatic heterocycles. The fraction of sp³-hybridized carbons (Fsp3) is 0.0556. The Balaban J connectivity index is 1.65. The number of thiazole rings is 1. The minimum absolute atomic E-state index is 0.267. The highest BCUT2D eigenvalue weighted by Gasteiger charge is 2.17. The number of nitrogens with one attached hydrogen (secondary N) is 3. The molecule has 3 rings (SSSR count). The molecule has 3 aromatic rings. The summed E-state index contributed by atoms with van der Waals surface area (Å²) in [6.07, 6.45) is 0. The highest BCUT2D eigenvalue weighted by atomic mass is 35.5. The number of nitrogens with zero attached hydrogens (tertiary/aromatic N) is 1. The van der Waals surface area contributed by atoms with Crippen LogP contribution in [0.3, 0.4) is 0 Å². The van der Waals surface area contributed by atoms with Gasteiger partial charge in [0.2, 0.25) is 0 Å². The van der Waals surface area contributed by atoms with Gasteiger partial charge in [0.25, 0.3) is 5.91 Å². The van der Waals surface area contributed by atoms with Crippen molar-refractivity contribution in [2.45, 2.75) is 6.92 Å². The summed E-state index contributed by atoms with van der Waals surface area (Å²) in [4.78, 5) is 28.9. The van der Waals surface area contributed by atoms with Crippen LogP contribution in [0.5, 0.6) is 0 Å². The number of amides is 3. The Morgan fingerprint density at radius 3 is 2.48 bits per heavy atom. The summed E-state index contributed by atoms with van der Waals surface area (Å²) in [5.74, 6) is -0.878. The van der Waals surface area contributed by atoms with Crippen molar-refractivity contribution in [2.75, 3.05) is 16.0 Å². The summed E-state index contributed by atoms with van der Waals surface area (Å²) in [5.41, 5.74) is 1.35. The lowest BCUT2D eigenvalue weighted by Gasteiger charge is -2.05. The van der Waals surface area contributed by atoms with E-state index in [9.17, 15) is 14.0 Å². The molecule has 0 atom stereocenters. The number of halogens is 2. The number of benzene rings is 2. The van der Waals surface area contributed by atoms with Gasteiger partial charge in [0, 0.05) is 16.4 Å². The van der Waals surface area contributed by atoms with E-state index in [0.717, 1.165) is 11.3 Å². The molecule has 0 fully saturated rings. The number of hydrogen-bond acceptors (Lipinski definition) is 4. The summed E-state index contributed by atoms with van der Waals surface area (Å²) in [5, 5.41) is 8.65. The molecule has 0 unspecified atom stereocenters. The molecular formula is C18H14ClFN4O2S. The van der Waals surface area contributed by atoms with Gasteiger partial charge in [-0.3, -0.25) is 10.1 Å². The number of rotatable bonds is 4. The van der Waals surface area contributed by atoms with E-state index in [-0.39, 0.29) is 5.13 Å². The number of anilines is 3. The molecule has 3 N–H and O–H groups in total. The van der Waals surface area contributed by atoms with Gasteiger partial charge < -0.3 is 10.6 Å². The van der Waals surface area contributed by atoms with Crippen molar-refractivity contribution in [1.29, 1.82) is 0 Å². The summed E-state index contributed by atoms with van der Waals surface area (Å²) >= 11 is 6.82. The van der Waals surface area contributed by atoms with Gasteiger partial charge in [0.15, 0.2) is 5.13 Å². The Morgan fingerprint density at radius 1 is 1.04 bits per heavy atom. The first-order chi connectivity index (χ1) is 12.9. The SMILES string of the molecule is Cc1nc(NC(=O)Nc2ccc(Cl)cc2)sc1C(=O)Nc1cccc(F)c1. The first-order valence-electron chi connectivity index (χ1n) is 7.78. The lowest BCUT2D eigenvalue weighted by molar-refractivity contribution is 0.103. The van der Waals surface area contributed by atoms with Crippen molar-refractivity contribution in [3.8, 4) is 0 Å². The van der Waals surface area contributed by atoms with E-state index in [0.29, 0.717) is 27.0 Å². The van der Waals surface area contributed by atoms with E-state index in [4.69, 9.17) is 11.6 Å². The summed E-state index contributed by atoms with van der Waals surface area (Å²) in [6.45, 7) is 1.65. The van der Waals surface area contributed by atoms with Gasteiger partial charge >= 0.3 is 6.03 Å². The topological polar surface area (TPSA) is 83.1 Å². The quantitative estimate of drug-likeness (QED) is 0.563. The largest absolute Gasteiger partial charge is 0.325 e. The molecule has 9 heteroatoms. The van der Waals surface area contributed by atoms with Gasteiger partial charge in [0.05, 0.1) is 5.69 Å². The van der Waals surface area contributed by atoms with Crippen LogP contribution < -0.4 is 16.0 Å². The molecule has 0 spiro atoms. The number of hydrogen-bond donors (Lipinski definition) is 3. The van der Waals surface area contributed by atoms with Crippen LogP contribution in [0.2, 0.25) is 5.02 Å². The highest BCUT2D eigenvalue weighted by molar-refractivity contribution is 7.17. The molecule has 6 nitrogen and oxygen atoms in total. The fourth-order valence-corrected chi connectivity index (χ4v) is 3.19. The van der Waals surface area contributed by atoms with Crippen LogP contribution >= 0.6 is 22.9 Å². The Kier molecular flexibility index (Phi) is 5.68. The van der Waals surface area contributed by atoms with Gasteiger partial charge in [-0.2, -0.15) is 0 Å². The van der Waals surface area contributed by atoms with Crippen molar-refractivity contribution in [2.24, 2.45) is 0 Å². The van der Waals surface area contributed by atoms with Crippen LogP contribution in [0.1, 0.15) is 15.4 Å². The number of carbonyl (C=O) groups excluding carboxylic acids is 2. The zero-order valence-electron chi connectivity index (χ0n) is 14.0. The first-order valence-corrected chi connectivity index (χ1v) is 8.98. The van der Waals surface area contributed by atoms with Crippen LogP contribution in [0.15, 0.2) is 48.5 Å². The van der Waals surface area contributed by atoms with Crippen molar-refractivity contribution in [3.05, 3.63) is 69.9 Å². The number of aromatic nitrogens is 1. The maximum Gasteiger partial charge on any atom is 0.325 e. The van der Waals surface area contributed by atoms with Gasteiger partial charge in [0.1, 0.15) is 10.7 Å². The van der Waals surface area contributed by atoms with Crippen molar-refractivity contribution in [3.63, 3.8) is 0 Å². The second kappa shape index (κ2) is 8.15. The predicted octanol–water partition coefficient (Wildman–Crippen LogP) is 5.14. The average molecular weight is 405 g/mol. The summed E-state index contributed by atoms with van der Waals surface area (Å²) < 4.78 is 13.2. The standard InChI is InChI=1S/C18H14ClFN4O2S/c1-10-15(16(25)22-14-4-2-3-12(20)9-14)27-18(21-10)24-17(26)23-13-7-5-11(19)6-8-13/h2-9H,1H3,(H,22,25)(H2,21,23,24,26). The van der Waals surface area contributed by atoms with Crippen molar-refractivity contribution >= 4 is 51.4 Å². The van der Waals surface area contributed by atoms with E-state index >= 15 is 0 Å². The third kappa shape index (κ3) is 5.02. The van der Waals surface area contributed by atoms with Gasteiger partial charge in [-0.1, -0.05) is 29.0 Å². The van der Waals surface area contributed by atoms with E-state index in [2.05, 4.69) is 20.9 Å². The first kappa shape index (κ1) is 18.8. The van der Waals surface area contributed by atoms with E-state index in [1.165, 1.54) is 18.2 Å². The molecule has 0 aliphatic carbocycles. The number of aryl methyl sites for hydroxylation is 1. The molecule has 0 saturated carbocycles. The van der Waals surface area contributed by atoms with Crippen molar-refractivity contribution < 1.29 is 14.0 Å². The predicted molar refractivity (Wildman–Crippen MR) is 105 cm³/mol. The third-order valence-electron chi connectivity index (χ3n) is 3.41. The number of carbonyl (C=O) groups is 2. The van der Waals surface area contributed by atoms with E-state index in [1.807, 2.05) is 0 Å². The maximum absolute atomic E-state index is 13.2. The fourth-order valence-electron chi connectivity index (χ4n) is 2.21. The molecule has 0 aliphatic rings. The minimum atomic E-state index is -0.497. The molecule has 2 aromatic carbocycles. The van der Waals surface area contributed by atoms with Crippen LogP contribution in [-0.4, -0.2) is 16.9 Å². The van der Waals surface area contributed by atoms with Gasteiger partial charge in [-0.25, -0.2) is 14.2 Å². The zero-order valence-corrected chi connectivity index (χ0v) is 15.6. The molecule has 138 valence electrons. The Labute approximate surface area is 163 Å². The van der Waals surface area contributed by atoms with E-state index < -0.39 is 17.8 Å². The Hall–Kier alpha value is -2.97. The second-order valence-corrected chi connectivity index (χ2v) is 6.92. The number of urea groups is 1. The molecule has 0 radical (unpaired) electrons. The summed E-state index contributed by atoms with van der Waals surface area (Å²) in [7, 11) is 0. The normalized spacial score (nSPS) is 10.3. The molecule has 0 saturated heterocycles. The van der Waals surface area contributed by atoms with Gasteiger partial charge in [-0.15, -0.1) is 0 Å². The van der Waals surface area contributed by atoms with Crippen LogP contribution in [0, 0.1) is 12.7 Å².